The molecule has 0 unspecified atom stereocenters. The molecule has 1 aromatic heterocycles. The molecular formula is C9H10N4O. The van der Waals surface area contributed by atoms with Crippen LogP contribution < -0.4 is 10.6 Å². The molecule has 0 aliphatic rings. The summed E-state index contributed by atoms with van der Waals surface area (Å²) < 4.78 is 6.76. The Morgan fingerprint density at radius 2 is 2.07 bits per heavy atom. The van der Waals surface area contributed by atoms with Gasteiger partial charge in [-0.15, -0.1) is 10.2 Å². The summed E-state index contributed by atoms with van der Waals surface area (Å²) in [5, 5.41) is 7.44. The van der Waals surface area contributed by atoms with E-state index in [1.807, 2.05) is 30.3 Å². The Balaban J connectivity index is 1.99. The lowest BCUT2D eigenvalue weighted by molar-refractivity contribution is 0.292. The molecule has 0 aliphatic carbocycles. The molecule has 0 radical (unpaired) electrons. The van der Waals surface area contributed by atoms with Gasteiger partial charge in [0.2, 0.25) is 0 Å². The molecule has 0 atom stereocenters. The number of ether oxygens (including phenoxy) is 1. The van der Waals surface area contributed by atoms with Gasteiger partial charge in [-0.05, 0) is 12.1 Å². The highest BCUT2D eigenvalue weighted by Gasteiger charge is 2.01. The van der Waals surface area contributed by atoms with Crippen molar-refractivity contribution in [2.45, 2.75) is 6.61 Å². The van der Waals surface area contributed by atoms with Crippen LogP contribution in [0.3, 0.4) is 0 Å². The fraction of sp³-hybridized carbons (Fsp3) is 0.111. The van der Waals surface area contributed by atoms with E-state index in [0.29, 0.717) is 12.4 Å². The minimum absolute atomic E-state index is 0.320. The second kappa shape index (κ2) is 3.78. The fourth-order valence-electron chi connectivity index (χ4n) is 1.03. The molecule has 1 heterocycles. The Hall–Kier alpha value is -2.04. The summed E-state index contributed by atoms with van der Waals surface area (Å²) in [4.78, 5) is 0. The second-order valence-corrected chi connectivity index (χ2v) is 2.76. The molecule has 72 valence electrons. The van der Waals surface area contributed by atoms with E-state index in [4.69, 9.17) is 10.6 Å². The molecule has 0 aliphatic heterocycles. The molecule has 5 heteroatoms. The van der Waals surface area contributed by atoms with Crippen LogP contribution in [0.1, 0.15) is 5.82 Å². The standard InChI is InChI=1S/C9H10N4O/c10-13-7-11-12-9(13)6-14-8-4-2-1-3-5-8/h1-5,7H,6,10H2. The first-order chi connectivity index (χ1) is 6.86. The number of hydrogen-bond donors (Lipinski definition) is 1. The molecule has 14 heavy (non-hydrogen) atoms. The van der Waals surface area contributed by atoms with Crippen LogP contribution in [0.2, 0.25) is 0 Å². The highest BCUT2D eigenvalue weighted by atomic mass is 16.5. The molecule has 2 aromatic rings. The van der Waals surface area contributed by atoms with Crippen LogP contribution in [0.15, 0.2) is 36.7 Å². The lowest BCUT2D eigenvalue weighted by Crippen LogP contribution is -2.13. The van der Waals surface area contributed by atoms with Crippen molar-refractivity contribution in [3.63, 3.8) is 0 Å². The van der Waals surface area contributed by atoms with Gasteiger partial charge in [0.05, 0.1) is 0 Å². The molecule has 0 saturated heterocycles. The average Bonchev–Trinajstić information content (AvgIpc) is 2.63. The minimum atomic E-state index is 0.320. The third-order valence-electron chi connectivity index (χ3n) is 1.76. The van der Waals surface area contributed by atoms with E-state index in [-0.39, 0.29) is 0 Å². The maximum atomic E-state index is 5.52. The van der Waals surface area contributed by atoms with Crippen LogP contribution in [0.25, 0.3) is 0 Å². The number of nitrogens with two attached hydrogens (primary N) is 1. The molecule has 5 nitrogen and oxygen atoms in total. The van der Waals surface area contributed by atoms with Crippen molar-refractivity contribution in [1.82, 2.24) is 14.9 Å². The third kappa shape index (κ3) is 1.82. The van der Waals surface area contributed by atoms with Crippen LogP contribution in [-0.4, -0.2) is 14.9 Å². The highest BCUT2D eigenvalue weighted by molar-refractivity contribution is 5.20. The summed E-state index contributed by atoms with van der Waals surface area (Å²) in [6.07, 6.45) is 1.43. The van der Waals surface area contributed by atoms with Crippen LogP contribution in [0.4, 0.5) is 0 Å². The van der Waals surface area contributed by atoms with Crippen molar-refractivity contribution in [2.75, 3.05) is 5.84 Å². The normalized spacial score (nSPS) is 10.0. The molecule has 0 bridgehead atoms. The first-order valence-electron chi connectivity index (χ1n) is 4.18. The summed E-state index contributed by atoms with van der Waals surface area (Å²) in [6, 6.07) is 9.48. The second-order valence-electron chi connectivity index (χ2n) is 2.76. The Morgan fingerprint density at radius 3 is 2.71 bits per heavy atom. The zero-order valence-corrected chi connectivity index (χ0v) is 7.50. The van der Waals surface area contributed by atoms with E-state index >= 15 is 0 Å². The van der Waals surface area contributed by atoms with Crippen LogP contribution >= 0.6 is 0 Å². The van der Waals surface area contributed by atoms with Crippen molar-refractivity contribution in [3.05, 3.63) is 42.5 Å². The highest BCUT2D eigenvalue weighted by Crippen LogP contribution is 2.09. The van der Waals surface area contributed by atoms with Gasteiger partial charge in [-0.3, -0.25) is 0 Å². The van der Waals surface area contributed by atoms with Gasteiger partial charge in [0, 0.05) is 0 Å². The maximum Gasteiger partial charge on any atom is 0.189 e. The lowest BCUT2D eigenvalue weighted by atomic mass is 10.3. The molecule has 1 aromatic carbocycles. The fourth-order valence-corrected chi connectivity index (χ4v) is 1.03. The monoisotopic (exact) mass is 190 g/mol. The van der Waals surface area contributed by atoms with E-state index in [1.165, 1.54) is 11.0 Å². The third-order valence-corrected chi connectivity index (χ3v) is 1.76. The number of hydrogen-bond acceptors (Lipinski definition) is 4. The van der Waals surface area contributed by atoms with Gasteiger partial charge in [0.1, 0.15) is 18.7 Å². The summed E-state index contributed by atoms with van der Waals surface area (Å²) in [6.45, 7) is 0.320. The summed E-state index contributed by atoms with van der Waals surface area (Å²) in [5.41, 5.74) is 0. The number of nitrogens with zero attached hydrogens (tertiary/aromatic N) is 3. The number of aromatic nitrogens is 3. The first kappa shape index (κ1) is 8.55. The van der Waals surface area contributed by atoms with E-state index in [9.17, 15) is 0 Å². The van der Waals surface area contributed by atoms with Gasteiger partial charge in [-0.2, -0.15) is 0 Å². The number of rotatable bonds is 3. The van der Waals surface area contributed by atoms with Crippen molar-refractivity contribution in [1.29, 1.82) is 0 Å². The predicted octanol–water partition coefficient (Wildman–Crippen LogP) is 0.571. The average molecular weight is 190 g/mol. The van der Waals surface area contributed by atoms with E-state index in [2.05, 4.69) is 10.2 Å². The van der Waals surface area contributed by atoms with E-state index in [0.717, 1.165) is 5.75 Å². The molecule has 0 amide bonds. The van der Waals surface area contributed by atoms with Crippen molar-refractivity contribution in [2.24, 2.45) is 0 Å². The summed E-state index contributed by atoms with van der Waals surface area (Å²) in [7, 11) is 0. The number of para-hydroxylation sites is 1. The summed E-state index contributed by atoms with van der Waals surface area (Å²) >= 11 is 0. The number of nitrogen functional groups attached to an aromatic ring is 1. The molecule has 0 spiro atoms. The Labute approximate surface area is 81.1 Å². The largest absolute Gasteiger partial charge is 0.486 e. The SMILES string of the molecule is Nn1cnnc1COc1ccccc1. The molecule has 2 N–H and O–H groups in total. The zero-order valence-electron chi connectivity index (χ0n) is 7.50. The van der Waals surface area contributed by atoms with Gasteiger partial charge >= 0.3 is 0 Å². The molecule has 2 rings (SSSR count). The zero-order chi connectivity index (χ0) is 9.80. The van der Waals surface area contributed by atoms with Crippen molar-refractivity contribution < 1.29 is 4.74 Å². The van der Waals surface area contributed by atoms with Crippen molar-refractivity contribution >= 4 is 0 Å². The van der Waals surface area contributed by atoms with E-state index in [1.54, 1.807) is 0 Å². The van der Waals surface area contributed by atoms with Gasteiger partial charge < -0.3 is 10.6 Å². The van der Waals surface area contributed by atoms with Gasteiger partial charge in [-0.25, -0.2) is 4.68 Å². The molecular weight excluding hydrogens is 180 g/mol. The van der Waals surface area contributed by atoms with Gasteiger partial charge in [0.15, 0.2) is 5.82 Å². The van der Waals surface area contributed by atoms with Crippen LogP contribution in [0.5, 0.6) is 5.75 Å². The van der Waals surface area contributed by atoms with E-state index < -0.39 is 0 Å². The molecule has 0 saturated carbocycles. The summed E-state index contributed by atoms with van der Waals surface area (Å²) in [5.74, 6) is 6.90. The van der Waals surface area contributed by atoms with Gasteiger partial charge in [-0.1, -0.05) is 18.2 Å². The molecule has 0 fully saturated rings. The van der Waals surface area contributed by atoms with Crippen LogP contribution in [0, 0.1) is 0 Å². The minimum Gasteiger partial charge on any atom is -0.486 e. The number of benzene rings is 1. The van der Waals surface area contributed by atoms with Gasteiger partial charge in [0.25, 0.3) is 0 Å². The topological polar surface area (TPSA) is 66.0 Å². The Kier molecular flexibility index (Phi) is 2.31. The smallest absolute Gasteiger partial charge is 0.189 e. The lowest BCUT2D eigenvalue weighted by Gasteiger charge is -2.04. The Bertz CT molecular complexity index is 398. The predicted molar refractivity (Wildman–Crippen MR) is 50.9 cm³/mol. The van der Waals surface area contributed by atoms with Crippen LogP contribution in [-0.2, 0) is 6.61 Å². The maximum absolute atomic E-state index is 5.52. The first-order valence-corrected chi connectivity index (χ1v) is 4.18. The Morgan fingerprint density at radius 1 is 1.29 bits per heavy atom. The quantitative estimate of drug-likeness (QED) is 0.718. The van der Waals surface area contributed by atoms with Crippen molar-refractivity contribution in [3.8, 4) is 5.75 Å².